The number of rotatable bonds is 5. The Morgan fingerprint density at radius 1 is 1.38 bits per heavy atom. The van der Waals surface area contributed by atoms with Crippen molar-refractivity contribution in [2.45, 2.75) is 33.6 Å². The number of nitrogens with one attached hydrogen (secondary N) is 1. The van der Waals surface area contributed by atoms with Gasteiger partial charge in [-0.1, -0.05) is 17.7 Å². The average Bonchev–Trinajstić information content (AvgIpc) is 2.51. The highest BCUT2D eigenvalue weighted by molar-refractivity contribution is 6.34. The van der Waals surface area contributed by atoms with E-state index in [1.807, 2.05) is 30.9 Å². The van der Waals surface area contributed by atoms with Crippen LogP contribution in [0.5, 0.6) is 0 Å². The Kier molecular flexibility index (Phi) is 6.63. The molecule has 1 heterocycles. The second kappa shape index (κ2) is 8.49. The number of esters is 1. The number of hydrogen-bond donors (Lipinski definition) is 1. The fourth-order valence-corrected chi connectivity index (χ4v) is 3.48. The van der Waals surface area contributed by atoms with Crippen LogP contribution in [-0.2, 0) is 14.3 Å². The van der Waals surface area contributed by atoms with E-state index in [1.54, 1.807) is 6.92 Å². The highest BCUT2D eigenvalue weighted by Crippen LogP contribution is 2.27. The second-order valence-electron chi connectivity index (χ2n) is 6.31. The Balaban J connectivity index is 1.94. The summed E-state index contributed by atoms with van der Waals surface area (Å²) in [5.41, 5.74) is 2.66. The molecule has 1 atom stereocenters. The van der Waals surface area contributed by atoms with Crippen molar-refractivity contribution < 1.29 is 14.3 Å². The van der Waals surface area contributed by atoms with Gasteiger partial charge in [-0.25, -0.2) is 0 Å². The third kappa shape index (κ3) is 4.95. The summed E-state index contributed by atoms with van der Waals surface area (Å²) in [4.78, 5) is 26.2. The van der Waals surface area contributed by atoms with Gasteiger partial charge in [0.2, 0.25) is 5.91 Å². The number of hydrogen-bond acceptors (Lipinski definition) is 4. The highest BCUT2D eigenvalue weighted by Gasteiger charge is 2.27. The number of anilines is 1. The molecule has 1 amide bonds. The fraction of sp³-hybridized carbons (Fsp3) is 0.556. The topological polar surface area (TPSA) is 58.6 Å². The van der Waals surface area contributed by atoms with Crippen molar-refractivity contribution in [2.24, 2.45) is 5.92 Å². The van der Waals surface area contributed by atoms with E-state index in [1.165, 1.54) is 0 Å². The Morgan fingerprint density at radius 2 is 2.12 bits per heavy atom. The summed E-state index contributed by atoms with van der Waals surface area (Å²) in [6.45, 7) is 7.71. The van der Waals surface area contributed by atoms with Crippen molar-refractivity contribution in [1.29, 1.82) is 0 Å². The Bertz CT molecular complexity index is 595. The van der Waals surface area contributed by atoms with Crippen molar-refractivity contribution in [3.8, 4) is 0 Å². The molecule has 24 heavy (non-hydrogen) atoms. The van der Waals surface area contributed by atoms with Gasteiger partial charge in [0.1, 0.15) is 0 Å². The van der Waals surface area contributed by atoms with Crippen molar-refractivity contribution in [2.75, 3.05) is 31.6 Å². The van der Waals surface area contributed by atoms with Gasteiger partial charge in [0, 0.05) is 6.54 Å². The predicted octanol–water partition coefficient (Wildman–Crippen LogP) is 3.17. The second-order valence-corrected chi connectivity index (χ2v) is 6.72. The molecular formula is C18H25ClN2O3. The smallest absolute Gasteiger partial charge is 0.310 e. The van der Waals surface area contributed by atoms with E-state index in [0.29, 0.717) is 23.9 Å². The molecule has 1 fully saturated rings. The van der Waals surface area contributed by atoms with Crippen molar-refractivity contribution in [3.63, 3.8) is 0 Å². The van der Waals surface area contributed by atoms with E-state index in [-0.39, 0.29) is 24.3 Å². The standard InChI is InChI=1S/C18H25ClN2O3/c1-4-24-18(23)14-6-5-7-21(10-14)11-16(22)20-17-13(3)8-12(2)9-15(17)19/h8-9,14H,4-7,10-11H2,1-3H3,(H,20,22). The maximum absolute atomic E-state index is 12.3. The van der Waals surface area contributed by atoms with Gasteiger partial charge in [-0.15, -0.1) is 0 Å². The van der Waals surface area contributed by atoms with E-state index in [9.17, 15) is 9.59 Å². The predicted molar refractivity (Wildman–Crippen MR) is 95.4 cm³/mol. The number of aryl methyl sites for hydroxylation is 2. The molecule has 0 spiro atoms. The maximum Gasteiger partial charge on any atom is 0.310 e. The molecule has 0 aliphatic carbocycles. The lowest BCUT2D eigenvalue weighted by Gasteiger charge is -2.30. The van der Waals surface area contributed by atoms with Crippen molar-refractivity contribution >= 4 is 29.2 Å². The monoisotopic (exact) mass is 352 g/mol. The lowest BCUT2D eigenvalue weighted by atomic mass is 9.98. The summed E-state index contributed by atoms with van der Waals surface area (Å²) in [5.74, 6) is -0.426. The number of carbonyl (C=O) groups excluding carboxylic acids is 2. The Labute approximate surface area is 148 Å². The van der Waals surface area contributed by atoms with Crippen molar-refractivity contribution in [3.05, 3.63) is 28.3 Å². The molecule has 0 saturated carbocycles. The summed E-state index contributed by atoms with van der Waals surface area (Å²) < 4.78 is 5.09. The summed E-state index contributed by atoms with van der Waals surface area (Å²) in [6.07, 6.45) is 1.71. The minimum Gasteiger partial charge on any atom is -0.466 e. The van der Waals surface area contributed by atoms with E-state index in [2.05, 4.69) is 5.32 Å². The normalized spacial score (nSPS) is 18.2. The number of carbonyl (C=O) groups is 2. The molecule has 132 valence electrons. The third-order valence-corrected chi connectivity index (χ3v) is 4.49. The minimum atomic E-state index is -0.167. The SMILES string of the molecule is CCOC(=O)C1CCCN(CC(=O)Nc2c(C)cc(C)cc2Cl)C1. The van der Waals surface area contributed by atoms with E-state index in [0.717, 1.165) is 30.5 Å². The van der Waals surface area contributed by atoms with Crippen molar-refractivity contribution in [1.82, 2.24) is 4.90 Å². The first-order valence-electron chi connectivity index (χ1n) is 8.36. The number of likely N-dealkylation sites (tertiary alicyclic amines) is 1. The molecule has 6 heteroatoms. The first-order chi connectivity index (χ1) is 11.4. The molecule has 2 rings (SSSR count). The Morgan fingerprint density at radius 3 is 2.79 bits per heavy atom. The summed E-state index contributed by atoms with van der Waals surface area (Å²) >= 11 is 6.23. The summed E-state index contributed by atoms with van der Waals surface area (Å²) in [5, 5.41) is 3.44. The van der Waals surface area contributed by atoms with Gasteiger partial charge in [-0.2, -0.15) is 0 Å². The van der Waals surface area contributed by atoms with Crippen LogP contribution in [0.2, 0.25) is 5.02 Å². The van der Waals surface area contributed by atoms with Crippen LogP contribution < -0.4 is 5.32 Å². The molecule has 1 unspecified atom stereocenters. The van der Waals surface area contributed by atoms with Crippen LogP contribution in [0.4, 0.5) is 5.69 Å². The van der Waals surface area contributed by atoms with Crippen LogP contribution in [-0.4, -0.2) is 43.0 Å². The van der Waals surface area contributed by atoms with Crippen LogP contribution in [0.25, 0.3) is 0 Å². The summed E-state index contributed by atoms with van der Waals surface area (Å²) in [7, 11) is 0. The number of nitrogens with zero attached hydrogens (tertiary/aromatic N) is 1. The zero-order chi connectivity index (χ0) is 17.7. The lowest BCUT2D eigenvalue weighted by Crippen LogP contribution is -2.43. The molecule has 1 N–H and O–H groups in total. The number of piperidine rings is 1. The summed E-state index contributed by atoms with van der Waals surface area (Å²) in [6, 6.07) is 3.82. The molecule has 0 bridgehead atoms. The van der Waals surface area contributed by atoms with Gasteiger partial charge in [-0.05, 0) is 57.4 Å². The molecule has 1 aliphatic rings. The molecule has 1 aliphatic heterocycles. The van der Waals surface area contributed by atoms with E-state index >= 15 is 0 Å². The molecule has 5 nitrogen and oxygen atoms in total. The van der Waals surface area contributed by atoms with Crippen LogP contribution in [0.3, 0.4) is 0 Å². The largest absolute Gasteiger partial charge is 0.466 e. The molecular weight excluding hydrogens is 328 g/mol. The van der Waals surface area contributed by atoms with Gasteiger partial charge in [0.15, 0.2) is 0 Å². The van der Waals surface area contributed by atoms with E-state index < -0.39 is 0 Å². The fourth-order valence-electron chi connectivity index (χ4n) is 3.11. The quantitative estimate of drug-likeness (QED) is 0.827. The molecule has 0 radical (unpaired) electrons. The van der Waals surface area contributed by atoms with E-state index in [4.69, 9.17) is 16.3 Å². The first kappa shape index (κ1) is 18.7. The van der Waals surface area contributed by atoms with Gasteiger partial charge in [-0.3, -0.25) is 14.5 Å². The maximum atomic E-state index is 12.3. The number of benzene rings is 1. The number of halogens is 1. The zero-order valence-corrected chi connectivity index (χ0v) is 15.3. The van der Waals surface area contributed by atoms with Crippen LogP contribution in [0, 0.1) is 19.8 Å². The first-order valence-corrected chi connectivity index (χ1v) is 8.74. The van der Waals surface area contributed by atoms with Gasteiger partial charge in [0.05, 0.1) is 29.8 Å². The average molecular weight is 353 g/mol. The number of amides is 1. The Hall–Kier alpha value is -1.59. The third-order valence-electron chi connectivity index (χ3n) is 4.19. The molecule has 0 aromatic heterocycles. The lowest BCUT2D eigenvalue weighted by molar-refractivity contribution is -0.150. The molecule has 1 saturated heterocycles. The zero-order valence-electron chi connectivity index (χ0n) is 14.5. The highest BCUT2D eigenvalue weighted by atomic mass is 35.5. The van der Waals surface area contributed by atoms with Crippen LogP contribution in [0.15, 0.2) is 12.1 Å². The van der Waals surface area contributed by atoms with Gasteiger partial charge >= 0.3 is 5.97 Å². The van der Waals surface area contributed by atoms with Crippen LogP contribution in [0.1, 0.15) is 30.9 Å². The molecule has 1 aromatic rings. The number of ether oxygens (including phenoxy) is 1. The van der Waals surface area contributed by atoms with Gasteiger partial charge < -0.3 is 10.1 Å². The van der Waals surface area contributed by atoms with Crippen LogP contribution >= 0.6 is 11.6 Å². The van der Waals surface area contributed by atoms with Gasteiger partial charge in [0.25, 0.3) is 0 Å². The minimum absolute atomic E-state index is 0.117. The molecule has 1 aromatic carbocycles.